The number of aromatic nitrogens is 3. The summed E-state index contributed by atoms with van der Waals surface area (Å²) in [5, 5.41) is 20.2. The standard InChI is InChI=1S/C20H16B3F2N3O4/c21-20(22,23)17-9-1-3-28(18(9)27-7-26-17)19-14(30)13(29)16(32-19)15-10-6-12(25)11(24)5-8(10)2-4-31-15/h1,3,5-7,13-16,19,29-30H,2,4H2/t13-,14+,15+,16-,19+/m0/s1. The number of benzene rings is 1. The van der Waals surface area contributed by atoms with Crippen molar-refractivity contribution in [2.45, 2.75) is 42.2 Å². The van der Waals surface area contributed by atoms with Crippen molar-refractivity contribution >= 4 is 34.6 Å². The van der Waals surface area contributed by atoms with Crippen LogP contribution in [0.25, 0.3) is 11.0 Å². The van der Waals surface area contributed by atoms with Gasteiger partial charge in [0.1, 0.15) is 36.4 Å². The van der Waals surface area contributed by atoms with E-state index in [4.69, 9.17) is 33.0 Å². The molecule has 0 amide bonds. The van der Waals surface area contributed by atoms with Crippen LogP contribution in [0.4, 0.5) is 8.78 Å². The van der Waals surface area contributed by atoms with Crippen molar-refractivity contribution in [1.82, 2.24) is 14.5 Å². The van der Waals surface area contributed by atoms with Crippen LogP contribution in [-0.4, -0.2) is 73.2 Å². The molecule has 2 aromatic heterocycles. The number of aliphatic hydroxyl groups is 2. The molecule has 7 nitrogen and oxygen atoms in total. The topological polar surface area (TPSA) is 89.6 Å². The molecule has 2 aliphatic rings. The number of hydrogen-bond donors (Lipinski definition) is 2. The second-order valence-electron chi connectivity index (χ2n) is 8.09. The fraction of sp³-hybridized carbons (Fsp3) is 0.400. The maximum Gasteiger partial charge on any atom is 0.164 e. The third-order valence-electron chi connectivity index (χ3n) is 5.92. The maximum atomic E-state index is 13.9. The van der Waals surface area contributed by atoms with E-state index in [-0.39, 0.29) is 12.3 Å². The van der Waals surface area contributed by atoms with Gasteiger partial charge in [-0.3, -0.25) is 0 Å². The summed E-state index contributed by atoms with van der Waals surface area (Å²) in [6.45, 7) is 0.227. The van der Waals surface area contributed by atoms with Crippen molar-refractivity contribution in [1.29, 1.82) is 0 Å². The van der Waals surface area contributed by atoms with Gasteiger partial charge in [0.05, 0.1) is 30.1 Å². The van der Waals surface area contributed by atoms with E-state index in [0.29, 0.717) is 28.6 Å². The summed E-state index contributed by atoms with van der Waals surface area (Å²) >= 11 is 0. The average molecular weight is 433 g/mol. The predicted octanol–water partition coefficient (Wildman–Crippen LogP) is 0.258. The fourth-order valence-electron chi connectivity index (χ4n) is 4.43. The van der Waals surface area contributed by atoms with Gasteiger partial charge in [0.25, 0.3) is 0 Å². The normalized spacial score (nSPS) is 28.2. The van der Waals surface area contributed by atoms with Crippen molar-refractivity contribution in [3.63, 3.8) is 0 Å². The molecule has 5 atom stereocenters. The van der Waals surface area contributed by atoms with Crippen molar-refractivity contribution < 1.29 is 28.5 Å². The molecule has 12 heteroatoms. The molecule has 1 saturated heterocycles. The van der Waals surface area contributed by atoms with E-state index in [1.807, 2.05) is 0 Å². The highest BCUT2D eigenvalue weighted by molar-refractivity contribution is 6.59. The molecular weight excluding hydrogens is 417 g/mol. The van der Waals surface area contributed by atoms with Gasteiger partial charge in [-0.1, -0.05) is 5.11 Å². The van der Waals surface area contributed by atoms with Gasteiger partial charge in [0, 0.05) is 17.3 Å². The highest BCUT2D eigenvalue weighted by Crippen LogP contribution is 2.42. The molecular formula is C20H16B3F2N3O4. The van der Waals surface area contributed by atoms with E-state index in [2.05, 4.69) is 9.97 Å². The first-order chi connectivity index (χ1) is 15.2. The first kappa shape index (κ1) is 21.6. The lowest BCUT2D eigenvalue weighted by Crippen LogP contribution is -2.37. The van der Waals surface area contributed by atoms with E-state index in [1.54, 1.807) is 12.3 Å². The molecule has 4 heterocycles. The van der Waals surface area contributed by atoms with Crippen LogP contribution in [0, 0.1) is 11.6 Å². The zero-order valence-corrected chi connectivity index (χ0v) is 16.7. The molecule has 3 aromatic rings. The highest BCUT2D eigenvalue weighted by atomic mass is 19.2. The molecule has 0 unspecified atom stereocenters. The lowest BCUT2D eigenvalue weighted by molar-refractivity contribution is -0.113. The molecule has 2 N–H and O–H groups in total. The second kappa shape index (κ2) is 7.66. The summed E-state index contributed by atoms with van der Waals surface area (Å²) in [6.07, 6.45) is -2.57. The smallest absolute Gasteiger partial charge is 0.164 e. The van der Waals surface area contributed by atoms with Crippen molar-refractivity contribution in [2.24, 2.45) is 0 Å². The van der Waals surface area contributed by atoms with Crippen LogP contribution in [0.3, 0.4) is 0 Å². The molecule has 6 radical (unpaired) electrons. The number of halogens is 2. The van der Waals surface area contributed by atoms with Gasteiger partial charge in [0.15, 0.2) is 17.9 Å². The van der Waals surface area contributed by atoms with E-state index in [9.17, 15) is 19.0 Å². The molecule has 2 aliphatic heterocycles. The number of aliphatic hydroxyl groups excluding tert-OH is 2. The number of fused-ring (bicyclic) bond motifs is 2. The summed E-state index contributed by atoms with van der Waals surface area (Å²) in [6, 6.07) is 3.77. The van der Waals surface area contributed by atoms with Gasteiger partial charge in [-0.2, -0.15) is 0 Å². The summed E-state index contributed by atoms with van der Waals surface area (Å²) in [7, 11) is 17.4. The summed E-state index contributed by atoms with van der Waals surface area (Å²) < 4.78 is 40.8. The Kier molecular flexibility index (Phi) is 5.16. The Hall–Kier alpha value is -2.27. The van der Waals surface area contributed by atoms with Crippen molar-refractivity contribution in [2.75, 3.05) is 6.61 Å². The van der Waals surface area contributed by atoms with Crippen LogP contribution in [0.15, 0.2) is 30.7 Å². The first-order valence-electron chi connectivity index (χ1n) is 9.96. The minimum Gasteiger partial charge on any atom is -0.387 e. The number of nitrogens with zero attached hydrogens (tertiary/aromatic N) is 3. The second-order valence-corrected chi connectivity index (χ2v) is 8.09. The number of ether oxygens (including phenoxy) is 2. The molecule has 1 fully saturated rings. The number of rotatable bonds is 3. The molecule has 5 rings (SSSR count). The van der Waals surface area contributed by atoms with Gasteiger partial charge < -0.3 is 24.3 Å². The fourth-order valence-corrected chi connectivity index (χ4v) is 4.43. The zero-order chi connectivity index (χ0) is 22.8. The largest absolute Gasteiger partial charge is 0.387 e. The van der Waals surface area contributed by atoms with Gasteiger partial charge in [-0.25, -0.2) is 18.7 Å². The van der Waals surface area contributed by atoms with Crippen LogP contribution >= 0.6 is 0 Å². The highest BCUT2D eigenvalue weighted by Gasteiger charge is 2.49. The molecule has 0 spiro atoms. The van der Waals surface area contributed by atoms with Crippen molar-refractivity contribution in [3.8, 4) is 0 Å². The van der Waals surface area contributed by atoms with Crippen LogP contribution < -0.4 is 0 Å². The minimum absolute atomic E-state index is 0.188. The third-order valence-corrected chi connectivity index (χ3v) is 5.92. The molecule has 32 heavy (non-hydrogen) atoms. The molecule has 158 valence electrons. The van der Waals surface area contributed by atoms with Gasteiger partial charge in [0.2, 0.25) is 0 Å². The van der Waals surface area contributed by atoms with E-state index >= 15 is 0 Å². The number of hydrogen-bond acceptors (Lipinski definition) is 6. The third kappa shape index (κ3) is 3.37. The van der Waals surface area contributed by atoms with E-state index in [0.717, 1.165) is 12.1 Å². The van der Waals surface area contributed by atoms with Crippen LogP contribution in [0.1, 0.15) is 29.2 Å². The monoisotopic (exact) mass is 433 g/mol. The summed E-state index contributed by atoms with van der Waals surface area (Å²) in [5.41, 5.74) is 1.44. The lowest BCUT2D eigenvalue weighted by Gasteiger charge is -2.31. The Balaban J connectivity index is 1.51. The quantitative estimate of drug-likeness (QED) is 0.577. The maximum absolute atomic E-state index is 13.9. The van der Waals surface area contributed by atoms with Gasteiger partial charge in [-0.05, 0) is 35.7 Å². The van der Waals surface area contributed by atoms with Crippen LogP contribution in [-0.2, 0) is 21.0 Å². The Morgan fingerprint density at radius 3 is 2.59 bits per heavy atom. The van der Waals surface area contributed by atoms with E-state index < -0.39 is 47.4 Å². The molecule has 0 saturated carbocycles. The van der Waals surface area contributed by atoms with Gasteiger partial charge in [-0.15, -0.1) is 0 Å². The summed E-state index contributed by atoms with van der Waals surface area (Å²) in [4.78, 5) is 8.25. The van der Waals surface area contributed by atoms with Crippen molar-refractivity contribution in [3.05, 3.63) is 59.2 Å². The minimum atomic E-state index is -1.72. The summed E-state index contributed by atoms with van der Waals surface area (Å²) in [5.74, 6) is -1.99. The van der Waals surface area contributed by atoms with Gasteiger partial charge >= 0.3 is 0 Å². The van der Waals surface area contributed by atoms with E-state index in [1.165, 1.54) is 10.9 Å². The Labute approximate surface area is 186 Å². The SMILES string of the molecule is [B]C([B])([B])c1ncnc2c1ccn2[C@@H]1O[C@H]([C@@H]2OCCc3cc(F)c(F)cc32)[C@@H](O)[C@H]1O. The molecule has 0 bridgehead atoms. The predicted molar refractivity (Wildman–Crippen MR) is 111 cm³/mol. The Morgan fingerprint density at radius 1 is 1.09 bits per heavy atom. The zero-order valence-electron chi connectivity index (χ0n) is 16.7. The van der Waals surface area contributed by atoms with Crippen LogP contribution in [0.5, 0.6) is 0 Å². The molecule has 0 aliphatic carbocycles. The average Bonchev–Trinajstić information content (AvgIpc) is 3.29. The molecule has 1 aromatic carbocycles. The first-order valence-corrected chi connectivity index (χ1v) is 9.96. The lowest BCUT2D eigenvalue weighted by atomic mass is 9.41. The van der Waals surface area contributed by atoms with Crippen LogP contribution in [0.2, 0.25) is 0 Å². The Bertz CT molecular complexity index is 1190. The Morgan fingerprint density at radius 2 is 1.84 bits per heavy atom.